The van der Waals surface area contributed by atoms with Gasteiger partial charge in [-0.1, -0.05) is 154 Å². The van der Waals surface area contributed by atoms with Crippen LogP contribution in [-0.4, -0.2) is 51.0 Å². The Morgan fingerprint density at radius 2 is 0.936 bits per heavy atom. The number of rotatable bonds is 34. The molecule has 0 aliphatic carbocycles. The molecule has 0 aliphatic rings. The van der Waals surface area contributed by atoms with Crippen molar-refractivity contribution in [2.24, 2.45) is 5.92 Å². The number of hydrogen-bond donors (Lipinski definition) is 3. The van der Waals surface area contributed by atoms with Gasteiger partial charge in [0.1, 0.15) is 24.1 Å². The molecule has 0 rings (SSSR count). The van der Waals surface area contributed by atoms with Crippen LogP contribution >= 0.6 is 0 Å². The molecule has 0 aliphatic heterocycles. The summed E-state index contributed by atoms with van der Waals surface area (Å²) in [5.41, 5.74) is 0. The Morgan fingerprint density at radius 1 is 0.489 bits per heavy atom. The van der Waals surface area contributed by atoms with Crippen molar-refractivity contribution in [2.75, 3.05) is 0 Å². The number of ketones is 3. The van der Waals surface area contributed by atoms with Gasteiger partial charge in [0.25, 0.3) is 0 Å². The monoisotopic (exact) mass is 661 g/mol. The highest BCUT2D eigenvalue weighted by Gasteiger charge is 2.38. The van der Waals surface area contributed by atoms with Gasteiger partial charge in [-0.15, -0.1) is 0 Å². The van der Waals surface area contributed by atoms with E-state index >= 15 is 0 Å². The fourth-order valence-electron chi connectivity index (χ4n) is 5.83. The second-order valence-electron chi connectivity index (χ2n) is 13.3. The van der Waals surface area contributed by atoms with Crippen LogP contribution in [0.25, 0.3) is 0 Å². The molecule has 0 amide bonds. The minimum absolute atomic E-state index is 0.0951. The standard InChI is InChI=1S/C41H72O6/c1-4-7-10-13-16-17-18-19-20-21-22-23-25-27-30-33-36(42)35(32-29-26-15-12-9-6-3)38(44)40(46)41(47)39(45)37(43)34-31-28-24-14-11-8-5-2/h7,10,16-17,19-20,35,39-41,45-47H,4-6,8-9,11-15,18,21-34H2,1-3H3/b10-7-,17-16-,20-19-. The van der Waals surface area contributed by atoms with Gasteiger partial charge in [0.05, 0.1) is 5.92 Å². The number of unbranched alkanes of at least 4 members (excludes halogenated alkanes) is 16. The molecule has 6 heteroatoms. The lowest BCUT2D eigenvalue weighted by Gasteiger charge is -2.24. The van der Waals surface area contributed by atoms with Gasteiger partial charge in [-0.25, -0.2) is 0 Å². The average molecular weight is 661 g/mol. The van der Waals surface area contributed by atoms with Gasteiger partial charge < -0.3 is 15.3 Å². The van der Waals surface area contributed by atoms with E-state index in [1.807, 2.05) is 0 Å². The minimum atomic E-state index is -1.96. The van der Waals surface area contributed by atoms with Gasteiger partial charge in [0, 0.05) is 12.8 Å². The third kappa shape index (κ3) is 24.8. The van der Waals surface area contributed by atoms with Crippen molar-refractivity contribution < 1.29 is 29.7 Å². The predicted octanol–water partition coefficient (Wildman–Crippen LogP) is 9.87. The average Bonchev–Trinajstić information content (AvgIpc) is 3.07. The zero-order chi connectivity index (χ0) is 35.0. The molecule has 0 aromatic rings. The fourth-order valence-corrected chi connectivity index (χ4v) is 5.83. The molecular formula is C41H72O6. The molecule has 0 fully saturated rings. The lowest BCUT2D eigenvalue weighted by Crippen LogP contribution is -2.48. The number of Topliss-reactive ketones (excluding diaryl/α,β-unsaturated/α-hetero) is 3. The molecule has 0 aromatic heterocycles. The third-order valence-electron chi connectivity index (χ3n) is 8.95. The van der Waals surface area contributed by atoms with Crippen LogP contribution in [0.5, 0.6) is 0 Å². The van der Waals surface area contributed by atoms with Crippen molar-refractivity contribution in [2.45, 2.75) is 200 Å². The molecule has 0 heterocycles. The summed E-state index contributed by atoms with van der Waals surface area (Å²) in [5.74, 6) is -2.56. The van der Waals surface area contributed by atoms with Crippen molar-refractivity contribution in [1.29, 1.82) is 0 Å². The Bertz CT molecular complexity index is 860. The van der Waals surface area contributed by atoms with Crippen LogP contribution in [0.15, 0.2) is 36.5 Å². The summed E-state index contributed by atoms with van der Waals surface area (Å²) in [6.07, 6.45) is 30.2. The molecule has 47 heavy (non-hydrogen) atoms. The van der Waals surface area contributed by atoms with Crippen molar-refractivity contribution >= 4 is 17.3 Å². The number of carbonyl (C=O) groups excluding carboxylic acids is 3. The molecule has 0 aromatic carbocycles. The van der Waals surface area contributed by atoms with E-state index in [2.05, 4.69) is 57.2 Å². The summed E-state index contributed by atoms with van der Waals surface area (Å²) in [6.45, 7) is 6.45. The predicted molar refractivity (Wildman–Crippen MR) is 196 cm³/mol. The summed E-state index contributed by atoms with van der Waals surface area (Å²) < 4.78 is 0. The number of hydrogen-bond acceptors (Lipinski definition) is 6. The first-order valence-corrected chi connectivity index (χ1v) is 19.4. The Morgan fingerprint density at radius 3 is 1.49 bits per heavy atom. The first-order valence-electron chi connectivity index (χ1n) is 19.4. The lowest BCUT2D eigenvalue weighted by molar-refractivity contribution is -0.151. The Balaban J connectivity index is 4.71. The van der Waals surface area contributed by atoms with E-state index in [9.17, 15) is 29.7 Å². The number of allylic oxidation sites excluding steroid dienone is 6. The van der Waals surface area contributed by atoms with Gasteiger partial charge >= 0.3 is 0 Å². The number of carbonyl (C=O) groups is 3. The van der Waals surface area contributed by atoms with Crippen molar-refractivity contribution in [3.8, 4) is 0 Å². The molecule has 0 radical (unpaired) electrons. The van der Waals surface area contributed by atoms with Crippen LogP contribution in [0.4, 0.5) is 0 Å². The molecule has 4 unspecified atom stereocenters. The van der Waals surface area contributed by atoms with Gasteiger partial charge in [-0.05, 0) is 51.4 Å². The summed E-state index contributed by atoms with van der Waals surface area (Å²) in [7, 11) is 0. The Hall–Kier alpha value is -1.89. The maximum Gasteiger partial charge on any atom is 0.174 e. The quantitative estimate of drug-likeness (QED) is 0.0360. The van der Waals surface area contributed by atoms with Gasteiger partial charge in [-0.3, -0.25) is 14.4 Å². The highest BCUT2D eigenvalue weighted by Crippen LogP contribution is 2.21. The van der Waals surface area contributed by atoms with Gasteiger partial charge in [0.2, 0.25) is 0 Å². The maximum atomic E-state index is 13.3. The van der Waals surface area contributed by atoms with E-state index in [1.54, 1.807) is 0 Å². The minimum Gasteiger partial charge on any atom is -0.387 e. The van der Waals surface area contributed by atoms with Crippen LogP contribution in [0.2, 0.25) is 0 Å². The second-order valence-corrected chi connectivity index (χ2v) is 13.3. The summed E-state index contributed by atoms with van der Waals surface area (Å²) in [5, 5.41) is 31.7. The van der Waals surface area contributed by atoms with Crippen LogP contribution in [0, 0.1) is 5.92 Å². The summed E-state index contributed by atoms with van der Waals surface area (Å²) in [4.78, 5) is 39.0. The van der Waals surface area contributed by atoms with Crippen LogP contribution in [0.1, 0.15) is 181 Å². The highest BCUT2D eigenvalue weighted by atomic mass is 16.4. The van der Waals surface area contributed by atoms with E-state index in [0.717, 1.165) is 103 Å². The van der Waals surface area contributed by atoms with Crippen LogP contribution in [0.3, 0.4) is 0 Å². The largest absolute Gasteiger partial charge is 0.387 e. The van der Waals surface area contributed by atoms with E-state index in [1.165, 1.54) is 19.3 Å². The first kappa shape index (κ1) is 45.1. The molecular weight excluding hydrogens is 588 g/mol. The van der Waals surface area contributed by atoms with E-state index < -0.39 is 35.8 Å². The maximum absolute atomic E-state index is 13.3. The molecule has 6 nitrogen and oxygen atoms in total. The third-order valence-corrected chi connectivity index (χ3v) is 8.95. The molecule has 0 saturated carbocycles. The molecule has 0 saturated heterocycles. The van der Waals surface area contributed by atoms with Crippen molar-refractivity contribution in [3.05, 3.63) is 36.5 Å². The van der Waals surface area contributed by atoms with Crippen LogP contribution in [-0.2, 0) is 14.4 Å². The molecule has 272 valence electrons. The Labute approximate surface area is 288 Å². The van der Waals surface area contributed by atoms with Gasteiger partial charge in [-0.2, -0.15) is 0 Å². The Kier molecular flexibility index (Phi) is 31.3. The van der Waals surface area contributed by atoms with E-state index in [4.69, 9.17) is 0 Å². The highest BCUT2D eigenvalue weighted by molar-refractivity contribution is 6.04. The summed E-state index contributed by atoms with van der Waals surface area (Å²) >= 11 is 0. The van der Waals surface area contributed by atoms with E-state index in [-0.39, 0.29) is 18.6 Å². The fraction of sp³-hybridized carbons (Fsp3) is 0.780. The smallest absolute Gasteiger partial charge is 0.174 e. The van der Waals surface area contributed by atoms with E-state index in [0.29, 0.717) is 25.7 Å². The molecule has 3 N–H and O–H groups in total. The molecule has 0 spiro atoms. The molecule has 0 bridgehead atoms. The lowest BCUT2D eigenvalue weighted by atomic mass is 9.84. The van der Waals surface area contributed by atoms with Crippen molar-refractivity contribution in [1.82, 2.24) is 0 Å². The second kappa shape index (κ2) is 32.6. The number of aliphatic hydroxyl groups excluding tert-OH is 3. The normalized spacial score (nSPS) is 14.7. The van der Waals surface area contributed by atoms with Crippen LogP contribution < -0.4 is 0 Å². The topological polar surface area (TPSA) is 112 Å². The van der Waals surface area contributed by atoms with Crippen molar-refractivity contribution in [3.63, 3.8) is 0 Å². The summed E-state index contributed by atoms with van der Waals surface area (Å²) in [6, 6.07) is 0. The SMILES string of the molecule is CC/C=C\C/C=C\C/C=C\CCCCCCCC(=O)C(CCCCCCCC)C(=O)C(O)C(O)C(O)C(=O)CCCCCCCCC. The molecule has 4 atom stereocenters. The number of aliphatic hydroxyl groups is 3. The van der Waals surface area contributed by atoms with Gasteiger partial charge in [0.15, 0.2) is 11.6 Å². The zero-order valence-corrected chi connectivity index (χ0v) is 30.5. The first-order chi connectivity index (χ1) is 22.8. The zero-order valence-electron chi connectivity index (χ0n) is 30.5.